The quantitative estimate of drug-likeness (QED) is 0.584. The first-order valence-electron chi connectivity index (χ1n) is 9.03. The second-order valence-electron chi connectivity index (χ2n) is 6.72. The second kappa shape index (κ2) is 9.03. The molecule has 7 nitrogen and oxygen atoms in total. The summed E-state index contributed by atoms with van der Waals surface area (Å²) in [7, 11) is 0. The van der Waals surface area contributed by atoms with E-state index in [0.717, 1.165) is 6.42 Å². The maximum absolute atomic E-state index is 12.9. The zero-order chi connectivity index (χ0) is 20.1. The lowest BCUT2D eigenvalue weighted by molar-refractivity contribution is -0.119. The number of hydrogen-bond acceptors (Lipinski definition) is 5. The zero-order valence-corrected chi connectivity index (χ0v) is 17.1. The summed E-state index contributed by atoms with van der Waals surface area (Å²) in [5.41, 5.74) is 0.470. The molecule has 0 bridgehead atoms. The predicted octanol–water partition coefficient (Wildman–Crippen LogP) is 3.08. The van der Waals surface area contributed by atoms with Crippen molar-refractivity contribution in [3.63, 3.8) is 0 Å². The third-order valence-electron chi connectivity index (χ3n) is 4.11. The smallest absolute Gasteiger partial charge is 0.321 e. The largest absolute Gasteiger partial charge is 0.336 e. The van der Waals surface area contributed by atoms with Crippen LogP contribution in [0.2, 0.25) is 0 Å². The van der Waals surface area contributed by atoms with Crippen LogP contribution in [-0.2, 0) is 4.79 Å². The van der Waals surface area contributed by atoms with Crippen molar-refractivity contribution in [1.29, 1.82) is 0 Å². The summed E-state index contributed by atoms with van der Waals surface area (Å²) in [5, 5.41) is 5.37. The minimum absolute atomic E-state index is 0.0587. The Kier molecular flexibility index (Phi) is 7.01. The summed E-state index contributed by atoms with van der Waals surface area (Å²) < 4.78 is 1.63. The highest BCUT2D eigenvalue weighted by Crippen LogP contribution is 2.25. The fourth-order valence-corrected chi connectivity index (χ4v) is 3.51. The number of urea groups is 1. The molecule has 2 aromatic rings. The Morgan fingerprint density at radius 3 is 2.48 bits per heavy atom. The van der Waals surface area contributed by atoms with Gasteiger partial charge in [0.25, 0.3) is 5.56 Å². The van der Waals surface area contributed by atoms with Crippen LogP contribution < -0.4 is 16.2 Å². The summed E-state index contributed by atoms with van der Waals surface area (Å²) in [6.07, 6.45) is 0.755. The number of nitrogens with one attached hydrogen (secondary N) is 2. The van der Waals surface area contributed by atoms with E-state index >= 15 is 0 Å². The van der Waals surface area contributed by atoms with Crippen LogP contribution in [0.5, 0.6) is 0 Å². The first kappa shape index (κ1) is 21.0. The van der Waals surface area contributed by atoms with Crippen molar-refractivity contribution in [2.75, 3.05) is 0 Å². The first-order chi connectivity index (χ1) is 12.7. The highest BCUT2D eigenvalue weighted by molar-refractivity contribution is 8.00. The SMILES string of the molecule is CC[C@@H](C)n1c(S[C@@H](C)C(=O)NC(=O)NC(C)C)nc2ccccc2c1=O. The number of hydrogen-bond donors (Lipinski definition) is 2. The van der Waals surface area contributed by atoms with E-state index in [0.29, 0.717) is 16.1 Å². The van der Waals surface area contributed by atoms with Crippen molar-refractivity contribution in [3.05, 3.63) is 34.6 Å². The molecule has 3 amide bonds. The molecule has 0 saturated carbocycles. The van der Waals surface area contributed by atoms with Gasteiger partial charge in [-0.05, 0) is 46.2 Å². The molecule has 2 N–H and O–H groups in total. The van der Waals surface area contributed by atoms with Gasteiger partial charge in [-0.3, -0.25) is 19.5 Å². The van der Waals surface area contributed by atoms with Gasteiger partial charge in [0, 0.05) is 12.1 Å². The number of nitrogens with zero attached hydrogens (tertiary/aromatic N) is 2. The molecule has 0 fully saturated rings. The standard InChI is InChI=1S/C19H26N4O3S/c1-6-12(4)23-17(25)14-9-7-8-10-15(14)21-19(23)27-13(5)16(24)22-18(26)20-11(2)3/h7-13H,6H2,1-5H3,(H2,20,22,24,26)/t12-,13+/m1/s1. The minimum Gasteiger partial charge on any atom is -0.336 e. The maximum Gasteiger partial charge on any atom is 0.321 e. The topological polar surface area (TPSA) is 93.1 Å². The number of fused-ring (bicyclic) bond motifs is 1. The van der Waals surface area contributed by atoms with Crippen LogP contribution >= 0.6 is 11.8 Å². The summed E-state index contributed by atoms with van der Waals surface area (Å²) >= 11 is 1.17. The maximum atomic E-state index is 12.9. The highest BCUT2D eigenvalue weighted by atomic mass is 32.2. The van der Waals surface area contributed by atoms with Crippen LogP contribution in [0.1, 0.15) is 47.1 Å². The van der Waals surface area contributed by atoms with Crippen LogP contribution in [0.15, 0.2) is 34.2 Å². The number of aromatic nitrogens is 2. The molecule has 1 aromatic heterocycles. The summed E-state index contributed by atoms with van der Waals surface area (Å²) in [4.78, 5) is 41.6. The van der Waals surface area contributed by atoms with Gasteiger partial charge < -0.3 is 5.32 Å². The van der Waals surface area contributed by atoms with Crippen LogP contribution in [-0.4, -0.2) is 32.8 Å². The van der Waals surface area contributed by atoms with Gasteiger partial charge >= 0.3 is 6.03 Å². The molecule has 1 aromatic carbocycles. The third-order valence-corrected chi connectivity index (χ3v) is 5.18. The van der Waals surface area contributed by atoms with Crippen molar-refractivity contribution in [2.45, 2.75) is 63.5 Å². The monoisotopic (exact) mass is 390 g/mol. The van der Waals surface area contributed by atoms with Crippen molar-refractivity contribution >= 4 is 34.6 Å². The van der Waals surface area contributed by atoms with Gasteiger partial charge in [-0.25, -0.2) is 9.78 Å². The molecule has 2 rings (SSSR count). The lowest BCUT2D eigenvalue weighted by Gasteiger charge is -2.20. The average molecular weight is 391 g/mol. The van der Waals surface area contributed by atoms with E-state index in [9.17, 15) is 14.4 Å². The van der Waals surface area contributed by atoms with Gasteiger partial charge in [-0.2, -0.15) is 0 Å². The van der Waals surface area contributed by atoms with Crippen LogP contribution in [0, 0.1) is 0 Å². The molecule has 0 saturated heterocycles. The van der Waals surface area contributed by atoms with Crippen molar-refractivity contribution < 1.29 is 9.59 Å². The Labute approximate surface area is 162 Å². The number of amides is 3. The molecule has 0 aliphatic heterocycles. The number of imide groups is 1. The molecule has 0 unspecified atom stereocenters. The number of carbonyl (C=O) groups excluding carboxylic acids is 2. The number of benzene rings is 1. The number of carbonyl (C=O) groups is 2. The Morgan fingerprint density at radius 1 is 1.19 bits per heavy atom. The van der Waals surface area contributed by atoms with Gasteiger partial charge in [-0.1, -0.05) is 30.8 Å². The molecule has 0 spiro atoms. The predicted molar refractivity (Wildman–Crippen MR) is 108 cm³/mol. The lowest BCUT2D eigenvalue weighted by atomic mass is 10.2. The average Bonchev–Trinajstić information content (AvgIpc) is 2.60. The molecule has 2 atom stereocenters. The van der Waals surface area contributed by atoms with Gasteiger partial charge in [0.05, 0.1) is 16.2 Å². The Bertz CT molecular complexity index is 894. The van der Waals surface area contributed by atoms with Crippen LogP contribution in [0.25, 0.3) is 10.9 Å². The van der Waals surface area contributed by atoms with Gasteiger partial charge in [0.2, 0.25) is 5.91 Å². The molecule has 8 heteroatoms. The lowest BCUT2D eigenvalue weighted by Crippen LogP contribution is -2.45. The fraction of sp³-hybridized carbons (Fsp3) is 0.474. The minimum atomic E-state index is -0.591. The molecule has 1 heterocycles. The molecular weight excluding hydrogens is 364 g/mol. The number of rotatable bonds is 6. The van der Waals surface area contributed by atoms with E-state index < -0.39 is 17.2 Å². The Morgan fingerprint density at radius 2 is 1.85 bits per heavy atom. The Hall–Kier alpha value is -2.35. The molecule has 27 heavy (non-hydrogen) atoms. The summed E-state index contributed by atoms with van der Waals surface area (Å²) in [5.74, 6) is -0.434. The Balaban J connectivity index is 2.32. The zero-order valence-electron chi connectivity index (χ0n) is 16.3. The fourth-order valence-electron chi connectivity index (χ4n) is 2.50. The molecule has 0 aliphatic carbocycles. The second-order valence-corrected chi connectivity index (χ2v) is 8.03. The van der Waals surface area contributed by atoms with E-state index in [1.807, 2.05) is 39.8 Å². The van der Waals surface area contributed by atoms with Gasteiger partial charge in [0.15, 0.2) is 5.16 Å². The number of thioether (sulfide) groups is 1. The normalized spacial score (nSPS) is 13.4. The summed E-state index contributed by atoms with van der Waals surface area (Å²) in [6.45, 7) is 9.25. The van der Waals surface area contributed by atoms with Crippen LogP contribution in [0.4, 0.5) is 4.79 Å². The van der Waals surface area contributed by atoms with Crippen LogP contribution in [0.3, 0.4) is 0 Å². The van der Waals surface area contributed by atoms with Crippen molar-refractivity contribution in [1.82, 2.24) is 20.2 Å². The van der Waals surface area contributed by atoms with Crippen molar-refractivity contribution in [2.24, 2.45) is 0 Å². The van der Waals surface area contributed by atoms with E-state index in [2.05, 4.69) is 15.6 Å². The van der Waals surface area contributed by atoms with E-state index in [1.165, 1.54) is 11.8 Å². The van der Waals surface area contributed by atoms with E-state index in [-0.39, 0.29) is 17.6 Å². The molecule has 0 radical (unpaired) electrons. The van der Waals surface area contributed by atoms with Gasteiger partial charge in [0.1, 0.15) is 0 Å². The third kappa shape index (κ3) is 5.09. The van der Waals surface area contributed by atoms with E-state index in [1.54, 1.807) is 23.6 Å². The van der Waals surface area contributed by atoms with E-state index in [4.69, 9.17) is 0 Å². The van der Waals surface area contributed by atoms with Gasteiger partial charge in [-0.15, -0.1) is 0 Å². The number of para-hydroxylation sites is 1. The molecule has 0 aliphatic rings. The molecular formula is C19H26N4O3S. The highest BCUT2D eigenvalue weighted by Gasteiger charge is 2.22. The molecule has 146 valence electrons. The first-order valence-corrected chi connectivity index (χ1v) is 9.91. The van der Waals surface area contributed by atoms with Crippen molar-refractivity contribution in [3.8, 4) is 0 Å². The summed E-state index contributed by atoms with van der Waals surface area (Å²) in [6, 6.07) is 6.50.